The first-order valence-electron chi connectivity index (χ1n) is 3.90. The lowest BCUT2D eigenvalue weighted by Crippen LogP contribution is -2.00. The molecule has 0 bridgehead atoms. The highest BCUT2D eigenvalue weighted by atomic mass is 32.2. The maximum atomic E-state index is 11.5. The van der Waals surface area contributed by atoms with E-state index in [4.69, 9.17) is 0 Å². The lowest BCUT2D eigenvalue weighted by Gasteiger charge is -1.97. The van der Waals surface area contributed by atoms with Crippen molar-refractivity contribution < 1.29 is 4.79 Å². The molecule has 0 saturated heterocycles. The predicted molar refractivity (Wildman–Crippen MR) is 63.0 cm³/mol. The molecule has 3 nitrogen and oxygen atoms in total. The van der Waals surface area contributed by atoms with Crippen molar-refractivity contribution in [3.8, 4) is 0 Å². The molecule has 0 aromatic carbocycles. The van der Waals surface area contributed by atoms with Gasteiger partial charge in [-0.2, -0.15) is 4.99 Å². The summed E-state index contributed by atoms with van der Waals surface area (Å²) in [4.78, 5) is 19.3. The molecule has 1 amide bonds. The van der Waals surface area contributed by atoms with Gasteiger partial charge < -0.3 is 0 Å². The number of carbonyl (C=O) groups excluding carboxylic acids is 1. The van der Waals surface area contributed by atoms with Crippen LogP contribution in [0.4, 0.5) is 0 Å². The second-order valence-electron chi connectivity index (χ2n) is 2.31. The second-order valence-corrected chi connectivity index (χ2v) is 4.15. The first-order chi connectivity index (χ1) is 6.77. The first kappa shape index (κ1) is 11.3. The SMILES string of the molecule is CSC(=NC(=O)c1ccccn1)SC. The monoisotopic (exact) mass is 226 g/mol. The standard InChI is InChI=1S/C9H10N2OS2/c1-13-9(14-2)11-8(12)7-5-3-4-6-10-7/h3-6H,1-2H3. The molecule has 1 aromatic heterocycles. The minimum atomic E-state index is -0.288. The number of aliphatic imine (C=N–C) groups is 1. The van der Waals surface area contributed by atoms with Crippen molar-refractivity contribution in [2.45, 2.75) is 0 Å². The van der Waals surface area contributed by atoms with Gasteiger partial charge in [-0.05, 0) is 24.6 Å². The molecule has 0 radical (unpaired) electrons. The highest BCUT2D eigenvalue weighted by molar-refractivity contribution is 8.38. The van der Waals surface area contributed by atoms with Crippen molar-refractivity contribution in [1.29, 1.82) is 0 Å². The van der Waals surface area contributed by atoms with Gasteiger partial charge in [-0.25, -0.2) is 0 Å². The third-order valence-electron chi connectivity index (χ3n) is 1.43. The molecular formula is C9H10N2OS2. The predicted octanol–water partition coefficient (Wildman–Crippen LogP) is 2.30. The fourth-order valence-corrected chi connectivity index (χ4v) is 1.82. The Morgan fingerprint density at radius 2 is 2.07 bits per heavy atom. The van der Waals surface area contributed by atoms with Gasteiger partial charge in [0.25, 0.3) is 5.91 Å². The Kier molecular flexibility index (Phi) is 4.69. The van der Waals surface area contributed by atoms with Gasteiger partial charge >= 0.3 is 0 Å². The lowest BCUT2D eigenvalue weighted by atomic mass is 10.3. The fourth-order valence-electron chi connectivity index (χ4n) is 0.804. The minimum absolute atomic E-state index is 0.288. The summed E-state index contributed by atoms with van der Waals surface area (Å²) in [6.07, 6.45) is 5.36. The lowest BCUT2D eigenvalue weighted by molar-refractivity contribution is 0.0999. The zero-order valence-corrected chi connectivity index (χ0v) is 9.56. The largest absolute Gasteiger partial charge is 0.297 e. The average molecular weight is 226 g/mol. The van der Waals surface area contributed by atoms with Crippen molar-refractivity contribution in [2.75, 3.05) is 12.5 Å². The summed E-state index contributed by atoms with van der Waals surface area (Å²) in [5.41, 5.74) is 0.383. The summed E-state index contributed by atoms with van der Waals surface area (Å²) >= 11 is 2.91. The average Bonchev–Trinajstić information content (AvgIpc) is 2.26. The minimum Gasteiger partial charge on any atom is -0.265 e. The molecular weight excluding hydrogens is 216 g/mol. The Hall–Kier alpha value is -0.810. The van der Waals surface area contributed by atoms with E-state index < -0.39 is 0 Å². The Morgan fingerprint density at radius 1 is 1.36 bits per heavy atom. The molecule has 1 rings (SSSR count). The van der Waals surface area contributed by atoms with Crippen LogP contribution in [0.2, 0.25) is 0 Å². The molecule has 0 unspecified atom stereocenters. The summed E-state index contributed by atoms with van der Waals surface area (Å²) in [6.45, 7) is 0. The summed E-state index contributed by atoms with van der Waals surface area (Å²) in [5.74, 6) is -0.288. The third kappa shape index (κ3) is 3.16. The van der Waals surface area contributed by atoms with Crippen LogP contribution in [0.15, 0.2) is 29.4 Å². The normalized spacial score (nSPS) is 9.57. The molecule has 0 aliphatic carbocycles. The van der Waals surface area contributed by atoms with E-state index >= 15 is 0 Å². The van der Waals surface area contributed by atoms with Gasteiger partial charge in [-0.15, -0.1) is 23.5 Å². The molecule has 0 saturated carbocycles. The topological polar surface area (TPSA) is 42.3 Å². The van der Waals surface area contributed by atoms with Gasteiger partial charge in [0, 0.05) is 6.20 Å². The van der Waals surface area contributed by atoms with Gasteiger partial charge in [0.2, 0.25) is 0 Å². The van der Waals surface area contributed by atoms with Gasteiger partial charge in [-0.1, -0.05) is 6.07 Å². The van der Waals surface area contributed by atoms with Crippen LogP contribution in [0.5, 0.6) is 0 Å². The Morgan fingerprint density at radius 3 is 2.57 bits per heavy atom. The number of pyridine rings is 1. The van der Waals surface area contributed by atoms with Gasteiger partial charge in [-0.3, -0.25) is 9.78 Å². The molecule has 0 spiro atoms. The van der Waals surface area contributed by atoms with Crippen LogP contribution in [0, 0.1) is 0 Å². The molecule has 0 fully saturated rings. The van der Waals surface area contributed by atoms with E-state index in [1.165, 1.54) is 23.5 Å². The Labute approximate surface area is 91.4 Å². The summed E-state index contributed by atoms with van der Waals surface area (Å²) in [5, 5.41) is 0. The molecule has 14 heavy (non-hydrogen) atoms. The summed E-state index contributed by atoms with van der Waals surface area (Å²) in [6, 6.07) is 5.20. The molecule has 1 aromatic rings. The zero-order chi connectivity index (χ0) is 10.4. The maximum Gasteiger partial charge on any atom is 0.297 e. The zero-order valence-electron chi connectivity index (χ0n) is 7.93. The highest BCUT2D eigenvalue weighted by Crippen LogP contribution is 2.11. The number of hydrogen-bond donors (Lipinski definition) is 0. The van der Waals surface area contributed by atoms with E-state index in [9.17, 15) is 4.79 Å². The Bertz CT molecular complexity index is 332. The van der Waals surface area contributed by atoms with E-state index in [1.54, 1.807) is 24.4 Å². The molecule has 0 aliphatic rings. The molecule has 0 aliphatic heterocycles. The molecule has 5 heteroatoms. The fraction of sp³-hybridized carbons (Fsp3) is 0.222. The number of nitrogens with zero attached hydrogens (tertiary/aromatic N) is 2. The Balaban J connectivity index is 2.82. The maximum absolute atomic E-state index is 11.5. The van der Waals surface area contributed by atoms with Crippen molar-refractivity contribution in [2.24, 2.45) is 4.99 Å². The van der Waals surface area contributed by atoms with Gasteiger partial charge in [0.15, 0.2) is 0 Å². The van der Waals surface area contributed by atoms with E-state index in [2.05, 4.69) is 9.98 Å². The van der Waals surface area contributed by atoms with E-state index in [1.807, 2.05) is 12.5 Å². The van der Waals surface area contributed by atoms with Crippen LogP contribution in [0.1, 0.15) is 10.5 Å². The van der Waals surface area contributed by atoms with Crippen LogP contribution in [0.3, 0.4) is 0 Å². The van der Waals surface area contributed by atoms with Crippen LogP contribution in [-0.4, -0.2) is 27.8 Å². The third-order valence-corrected chi connectivity index (χ3v) is 3.31. The quantitative estimate of drug-likeness (QED) is 0.544. The number of rotatable bonds is 1. The van der Waals surface area contributed by atoms with Crippen molar-refractivity contribution in [3.63, 3.8) is 0 Å². The van der Waals surface area contributed by atoms with Gasteiger partial charge in [0.05, 0.1) is 0 Å². The van der Waals surface area contributed by atoms with Crippen LogP contribution < -0.4 is 0 Å². The summed E-state index contributed by atoms with van der Waals surface area (Å²) in [7, 11) is 0. The molecule has 0 atom stereocenters. The van der Waals surface area contributed by atoms with Crippen molar-refractivity contribution in [1.82, 2.24) is 4.98 Å². The summed E-state index contributed by atoms with van der Waals surface area (Å²) < 4.78 is 0.751. The van der Waals surface area contributed by atoms with Crippen molar-refractivity contribution >= 4 is 33.8 Å². The molecule has 0 N–H and O–H groups in total. The number of hydrogen-bond acceptors (Lipinski definition) is 4. The van der Waals surface area contributed by atoms with Crippen LogP contribution in [0.25, 0.3) is 0 Å². The van der Waals surface area contributed by atoms with Crippen LogP contribution in [-0.2, 0) is 0 Å². The second kappa shape index (κ2) is 5.82. The van der Waals surface area contributed by atoms with Gasteiger partial charge in [0.1, 0.15) is 10.1 Å². The number of carbonyl (C=O) groups is 1. The number of aromatic nitrogens is 1. The van der Waals surface area contributed by atoms with E-state index in [0.29, 0.717) is 5.69 Å². The highest BCUT2D eigenvalue weighted by Gasteiger charge is 2.05. The molecule has 74 valence electrons. The van der Waals surface area contributed by atoms with Crippen molar-refractivity contribution in [3.05, 3.63) is 30.1 Å². The number of thioether (sulfide) groups is 2. The van der Waals surface area contributed by atoms with E-state index in [0.717, 1.165) is 4.38 Å². The van der Waals surface area contributed by atoms with E-state index in [-0.39, 0.29) is 5.91 Å². The smallest absolute Gasteiger partial charge is 0.265 e. The first-order valence-corrected chi connectivity index (χ1v) is 6.35. The van der Waals surface area contributed by atoms with Crippen LogP contribution >= 0.6 is 23.5 Å². The molecule has 1 heterocycles. The number of amides is 1.